The third kappa shape index (κ3) is 5.94. The molecule has 9 heteroatoms. The molecule has 0 unspecified atom stereocenters. The van der Waals surface area contributed by atoms with E-state index in [4.69, 9.17) is 9.47 Å². The van der Waals surface area contributed by atoms with Gasteiger partial charge >= 0.3 is 6.03 Å². The van der Waals surface area contributed by atoms with Gasteiger partial charge in [-0.25, -0.2) is 4.79 Å². The molecule has 33 heavy (non-hydrogen) atoms. The van der Waals surface area contributed by atoms with E-state index in [0.29, 0.717) is 41.5 Å². The SMILES string of the molecule is CNC[C@H]1Oc2ccc(NC(=O)Nc3ccc(OC)cc3)cc2C(=O)N([C@H](C)CO)C[C@@H]1C. The number of hydrogen-bond acceptors (Lipinski definition) is 6. The number of likely N-dealkylation sites (N-methyl/N-ethyl adjacent to an activating group) is 1. The van der Waals surface area contributed by atoms with Gasteiger partial charge in [0, 0.05) is 30.4 Å². The van der Waals surface area contributed by atoms with Crippen LogP contribution < -0.4 is 25.4 Å². The summed E-state index contributed by atoms with van der Waals surface area (Å²) in [5, 5.41) is 18.3. The van der Waals surface area contributed by atoms with E-state index in [0.717, 1.165) is 0 Å². The van der Waals surface area contributed by atoms with E-state index in [2.05, 4.69) is 16.0 Å². The predicted octanol–water partition coefficient (Wildman–Crippen LogP) is 2.78. The number of amides is 3. The molecule has 0 saturated carbocycles. The lowest BCUT2D eigenvalue weighted by molar-refractivity contribution is 0.0416. The Morgan fingerprint density at radius 2 is 1.88 bits per heavy atom. The Bertz CT molecular complexity index is 966. The van der Waals surface area contributed by atoms with E-state index in [9.17, 15) is 14.7 Å². The molecule has 0 aliphatic carbocycles. The van der Waals surface area contributed by atoms with E-state index >= 15 is 0 Å². The number of hydrogen-bond donors (Lipinski definition) is 4. The number of aliphatic hydroxyl groups is 1. The summed E-state index contributed by atoms with van der Waals surface area (Å²) in [5.41, 5.74) is 1.39. The zero-order chi connectivity index (χ0) is 24.0. The molecule has 1 heterocycles. The maximum Gasteiger partial charge on any atom is 0.323 e. The van der Waals surface area contributed by atoms with Crippen molar-refractivity contribution in [3.63, 3.8) is 0 Å². The summed E-state index contributed by atoms with van der Waals surface area (Å²) < 4.78 is 11.3. The van der Waals surface area contributed by atoms with Crippen molar-refractivity contribution in [2.75, 3.05) is 44.5 Å². The predicted molar refractivity (Wildman–Crippen MR) is 127 cm³/mol. The average Bonchev–Trinajstić information content (AvgIpc) is 2.81. The maximum absolute atomic E-state index is 13.4. The van der Waals surface area contributed by atoms with Crippen molar-refractivity contribution in [2.24, 2.45) is 5.92 Å². The van der Waals surface area contributed by atoms with Crippen LogP contribution in [0.1, 0.15) is 24.2 Å². The number of ether oxygens (including phenoxy) is 2. The molecule has 1 aliphatic rings. The number of rotatable bonds is 7. The van der Waals surface area contributed by atoms with Gasteiger partial charge in [0.05, 0.1) is 25.3 Å². The molecule has 0 radical (unpaired) electrons. The molecule has 0 bridgehead atoms. The van der Waals surface area contributed by atoms with Gasteiger partial charge in [-0.1, -0.05) is 6.92 Å². The first-order valence-electron chi connectivity index (χ1n) is 11.0. The first-order valence-corrected chi connectivity index (χ1v) is 11.0. The fourth-order valence-electron chi connectivity index (χ4n) is 3.71. The van der Waals surface area contributed by atoms with Crippen LogP contribution in [-0.4, -0.2) is 67.9 Å². The Morgan fingerprint density at radius 1 is 1.21 bits per heavy atom. The number of carbonyl (C=O) groups is 2. The highest BCUT2D eigenvalue weighted by Gasteiger charge is 2.32. The molecule has 9 nitrogen and oxygen atoms in total. The minimum Gasteiger partial charge on any atom is -0.497 e. The Labute approximate surface area is 194 Å². The molecule has 0 fully saturated rings. The standard InChI is InChI=1S/C24H32N4O5/c1-15-13-28(16(2)14-29)23(30)20-11-18(7-10-21(20)33-22(15)12-25-3)27-24(31)26-17-5-8-19(32-4)9-6-17/h5-11,15-16,22,25,29H,12-14H2,1-4H3,(H2,26,27,31)/t15-,16+,22+/m0/s1. The third-order valence-corrected chi connectivity index (χ3v) is 5.68. The van der Waals surface area contributed by atoms with E-state index in [1.54, 1.807) is 54.5 Å². The van der Waals surface area contributed by atoms with Crippen molar-refractivity contribution in [1.29, 1.82) is 0 Å². The van der Waals surface area contributed by atoms with Gasteiger partial charge < -0.3 is 35.4 Å². The molecule has 3 amide bonds. The van der Waals surface area contributed by atoms with Crippen LogP contribution in [0.5, 0.6) is 11.5 Å². The molecule has 0 aromatic heterocycles. The molecule has 0 spiro atoms. The van der Waals surface area contributed by atoms with Gasteiger partial charge in [-0.05, 0) is 56.4 Å². The number of fused-ring (bicyclic) bond motifs is 1. The molecular formula is C24H32N4O5. The number of anilines is 2. The second kappa shape index (κ2) is 11.0. The number of nitrogens with zero attached hydrogens (tertiary/aromatic N) is 1. The van der Waals surface area contributed by atoms with Gasteiger partial charge in [-0.15, -0.1) is 0 Å². The second-order valence-electron chi connectivity index (χ2n) is 8.20. The highest BCUT2D eigenvalue weighted by atomic mass is 16.5. The molecule has 1 aliphatic heterocycles. The molecule has 3 atom stereocenters. The topological polar surface area (TPSA) is 112 Å². The molecule has 4 N–H and O–H groups in total. The summed E-state index contributed by atoms with van der Waals surface area (Å²) in [4.78, 5) is 27.5. The minimum atomic E-state index is -0.443. The summed E-state index contributed by atoms with van der Waals surface area (Å²) in [5.74, 6) is 0.939. The van der Waals surface area contributed by atoms with Gasteiger partial charge in [0.1, 0.15) is 17.6 Å². The molecule has 3 rings (SSSR count). The number of nitrogens with one attached hydrogen (secondary N) is 3. The Hall–Kier alpha value is -3.30. The van der Waals surface area contributed by atoms with Crippen LogP contribution in [0.15, 0.2) is 42.5 Å². The number of benzene rings is 2. The van der Waals surface area contributed by atoms with Crippen molar-refractivity contribution >= 4 is 23.3 Å². The molecule has 2 aromatic carbocycles. The smallest absolute Gasteiger partial charge is 0.323 e. The summed E-state index contributed by atoms with van der Waals surface area (Å²) in [6.45, 7) is 4.75. The van der Waals surface area contributed by atoms with Crippen molar-refractivity contribution in [2.45, 2.75) is 26.0 Å². The van der Waals surface area contributed by atoms with Crippen molar-refractivity contribution in [3.05, 3.63) is 48.0 Å². The fraction of sp³-hybridized carbons (Fsp3) is 0.417. The lowest BCUT2D eigenvalue weighted by Crippen LogP contribution is -2.49. The van der Waals surface area contributed by atoms with E-state index < -0.39 is 6.03 Å². The van der Waals surface area contributed by atoms with Gasteiger partial charge in [0.25, 0.3) is 5.91 Å². The van der Waals surface area contributed by atoms with Crippen LogP contribution >= 0.6 is 0 Å². The van der Waals surface area contributed by atoms with Gasteiger partial charge in [0.15, 0.2) is 0 Å². The lowest BCUT2D eigenvalue weighted by atomic mass is 9.99. The highest BCUT2D eigenvalue weighted by Crippen LogP contribution is 2.30. The highest BCUT2D eigenvalue weighted by molar-refractivity contribution is 6.02. The van der Waals surface area contributed by atoms with Gasteiger partial charge in [0.2, 0.25) is 0 Å². The quantitative estimate of drug-likeness (QED) is 0.510. The second-order valence-corrected chi connectivity index (χ2v) is 8.20. The Balaban J connectivity index is 1.84. The number of aliphatic hydroxyl groups excluding tert-OH is 1. The van der Waals surface area contributed by atoms with Crippen molar-refractivity contribution < 1.29 is 24.2 Å². The largest absolute Gasteiger partial charge is 0.497 e. The number of urea groups is 1. The third-order valence-electron chi connectivity index (χ3n) is 5.68. The summed E-state index contributed by atoms with van der Waals surface area (Å²) in [6.07, 6.45) is -0.160. The monoisotopic (exact) mass is 456 g/mol. The van der Waals surface area contributed by atoms with Crippen LogP contribution in [0.4, 0.5) is 16.2 Å². The zero-order valence-electron chi connectivity index (χ0n) is 19.4. The van der Waals surface area contributed by atoms with E-state index in [-0.39, 0.29) is 30.6 Å². The fourth-order valence-corrected chi connectivity index (χ4v) is 3.71. The summed E-state index contributed by atoms with van der Waals surface area (Å²) >= 11 is 0. The molecule has 0 saturated heterocycles. The average molecular weight is 457 g/mol. The Kier molecular flexibility index (Phi) is 8.13. The summed E-state index contributed by atoms with van der Waals surface area (Å²) in [7, 11) is 3.42. The van der Waals surface area contributed by atoms with Gasteiger partial charge in [-0.3, -0.25) is 4.79 Å². The molecular weight excluding hydrogens is 424 g/mol. The van der Waals surface area contributed by atoms with Crippen molar-refractivity contribution in [1.82, 2.24) is 10.2 Å². The number of methoxy groups -OCH3 is 1. The number of carbonyl (C=O) groups excluding carboxylic acids is 2. The van der Waals surface area contributed by atoms with E-state index in [1.807, 2.05) is 20.9 Å². The van der Waals surface area contributed by atoms with Crippen LogP contribution in [0.3, 0.4) is 0 Å². The zero-order valence-corrected chi connectivity index (χ0v) is 19.4. The van der Waals surface area contributed by atoms with E-state index in [1.165, 1.54) is 0 Å². The van der Waals surface area contributed by atoms with Crippen LogP contribution in [-0.2, 0) is 0 Å². The van der Waals surface area contributed by atoms with Gasteiger partial charge in [-0.2, -0.15) is 0 Å². The first-order chi connectivity index (χ1) is 15.9. The maximum atomic E-state index is 13.4. The first kappa shape index (κ1) is 24.3. The van der Waals surface area contributed by atoms with Crippen LogP contribution in [0.25, 0.3) is 0 Å². The normalized spacial score (nSPS) is 18.9. The lowest BCUT2D eigenvalue weighted by Gasteiger charge is -2.37. The van der Waals surface area contributed by atoms with Crippen LogP contribution in [0, 0.1) is 5.92 Å². The summed E-state index contributed by atoms with van der Waals surface area (Å²) in [6, 6.07) is 11.2. The van der Waals surface area contributed by atoms with Crippen LogP contribution in [0.2, 0.25) is 0 Å². The molecule has 2 aromatic rings. The minimum absolute atomic E-state index is 0.0524. The van der Waals surface area contributed by atoms with Crippen molar-refractivity contribution in [3.8, 4) is 11.5 Å². The Morgan fingerprint density at radius 3 is 2.52 bits per heavy atom. The molecule has 178 valence electrons.